The molecule has 0 aliphatic carbocycles. The van der Waals surface area contributed by atoms with Crippen LogP contribution < -0.4 is 5.32 Å². The Kier molecular flexibility index (Phi) is 5.18. The van der Waals surface area contributed by atoms with Gasteiger partial charge in [0.05, 0.1) is 4.90 Å². The van der Waals surface area contributed by atoms with Crippen LogP contribution in [0.1, 0.15) is 25.3 Å². The summed E-state index contributed by atoms with van der Waals surface area (Å²) in [7, 11) is -3.09. The summed E-state index contributed by atoms with van der Waals surface area (Å²) in [6.07, 6.45) is 3.87. The molecule has 1 unspecified atom stereocenters. The van der Waals surface area contributed by atoms with Crippen molar-refractivity contribution in [3.8, 4) is 0 Å². The van der Waals surface area contributed by atoms with Crippen LogP contribution in [0.15, 0.2) is 29.2 Å². The lowest BCUT2D eigenvalue weighted by Gasteiger charge is -2.21. The van der Waals surface area contributed by atoms with Crippen LogP contribution in [0, 0.1) is 0 Å². The zero-order chi connectivity index (χ0) is 14.6. The number of benzene rings is 1. The molecule has 0 radical (unpaired) electrons. The highest BCUT2D eigenvalue weighted by Gasteiger charge is 2.14. The van der Waals surface area contributed by atoms with Gasteiger partial charge in [-0.05, 0) is 50.6 Å². The van der Waals surface area contributed by atoms with E-state index in [1.807, 2.05) is 12.1 Å². The standard InChI is InChI=1S/C15H24N2O2S/c1-13(12-17-9-3-4-10-17)16-11-14-5-7-15(8-6-14)20(2,18)19/h5-8,13,16H,3-4,9-12H2,1-2H3. The van der Waals surface area contributed by atoms with Gasteiger partial charge in [-0.2, -0.15) is 0 Å². The van der Waals surface area contributed by atoms with Crippen molar-refractivity contribution < 1.29 is 8.42 Å². The molecule has 1 heterocycles. The van der Waals surface area contributed by atoms with Gasteiger partial charge < -0.3 is 10.2 Å². The second-order valence-electron chi connectivity index (χ2n) is 5.71. The third-order valence-corrected chi connectivity index (χ3v) is 4.87. The van der Waals surface area contributed by atoms with E-state index in [0.29, 0.717) is 10.9 Å². The molecule has 4 nitrogen and oxygen atoms in total. The van der Waals surface area contributed by atoms with Crippen molar-refractivity contribution in [2.45, 2.75) is 37.2 Å². The fourth-order valence-corrected chi connectivity index (χ4v) is 3.19. The fourth-order valence-electron chi connectivity index (χ4n) is 2.56. The first-order valence-electron chi connectivity index (χ1n) is 7.20. The van der Waals surface area contributed by atoms with E-state index in [1.165, 1.54) is 32.2 Å². The Morgan fingerprint density at radius 3 is 2.35 bits per heavy atom. The lowest BCUT2D eigenvalue weighted by atomic mass is 10.2. The number of hydrogen-bond acceptors (Lipinski definition) is 4. The Labute approximate surface area is 122 Å². The second kappa shape index (κ2) is 6.70. The fraction of sp³-hybridized carbons (Fsp3) is 0.600. The largest absolute Gasteiger partial charge is 0.309 e. The van der Waals surface area contributed by atoms with Gasteiger partial charge >= 0.3 is 0 Å². The van der Waals surface area contributed by atoms with Crippen molar-refractivity contribution in [3.05, 3.63) is 29.8 Å². The third-order valence-electron chi connectivity index (χ3n) is 3.74. The van der Waals surface area contributed by atoms with Crippen LogP contribution in [0.2, 0.25) is 0 Å². The maximum Gasteiger partial charge on any atom is 0.175 e. The van der Waals surface area contributed by atoms with E-state index in [9.17, 15) is 8.42 Å². The number of hydrogen-bond donors (Lipinski definition) is 1. The molecular weight excluding hydrogens is 272 g/mol. The summed E-state index contributed by atoms with van der Waals surface area (Å²) in [5.41, 5.74) is 1.12. The lowest BCUT2D eigenvalue weighted by Crippen LogP contribution is -2.37. The molecule has 0 saturated carbocycles. The van der Waals surface area contributed by atoms with E-state index in [0.717, 1.165) is 18.7 Å². The van der Waals surface area contributed by atoms with E-state index >= 15 is 0 Å². The van der Waals surface area contributed by atoms with Gasteiger partial charge in [0.25, 0.3) is 0 Å². The van der Waals surface area contributed by atoms with Crippen molar-refractivity contribution in [1.29, 1.82) is 0 Å². The number of rotatable bonds is 6. The summed E-state index contributed by atoms with van der Waals surface area (Å²) in [6.45, 7) is 6.49. The van der Waals surface area contributed by atoms with Gasteiger partial charge in [-0.25, -0.2) is 8.42 Å². The van der Waals surface area contributed by atoms with Gasteiger partial charge in [-0.15, -0.1) is 0 Å². The quantitative estimate of drug-likeness (QED) is 0.867. The third kappa shape index (κ3) is 4.58. The number of likely N-dealkylation sites (tertiary alicyclic amines) is 1. The number of nitrogens with zero attached hydrogens (tertiary/aromatic N) is 1. The van der Waals surface area contributed by atoms with Crippen LogP contribution in [-0.2, 0) is 16.4 Å². The zero-order valence-corrected chi connectivity index (χ0v) is 13.1. The second-order valence-corrected chi connectivity index (χ2v) is 7.72. The molecule has 1 aromatic carbocycles. The normalized spacial score (nSPS) is 18.3. The Hall–Kier alpha value is -0.910. The van der Waals surface area contributed by atoms with Crippen molar-refractivity contribution in [2.75, 3.05) is 25.9 Å². The molecule has 0 aromatic heterocycles. The minimum absolute atomic E-state index is 0.381. The van der Waals surface area contributed by atoms with Crippen LogP contribution in [0.3, 0.4) is 0 Å². The molecule has 1 fully saturated rings. The summed E-state index contributed by atoms with van der Waals surface area (Å²) in [5.74, 6) is 0. The number of nitrogens with one attached hydrogen (secondary N) is 1. The maximum atomic E-state index is 11.4. The molecule has 1 N–H and O–H groups in total. The monoisotopic (exact) mass is 296 g/mol. The van der Waals surface area contributed by atoms with Gasteiger partial charge in [0.2, 0.25) is 0 Å². The first-order chi connectivity index (χ1) is 9.45. The Balaban J connectivity index is 1.81. The molecule has 112 valence electrons. The van der Waals surface area contributed by atoms with Gasteiger partial charge in [0.1, 0.15) is 0 Å². The van der Waals surface area contributed by atoms with Gasteiger partial charge in [-0.1, -0.05) is 12.1 Å². The smallest absolute Gasteiger partial charge is 0.175 e. The van der Waals surface area contributed by atoms with Crippen molar-refractivity contribution in [1.82, 2.24) is 10.2 Å². The average Bonchev–Trinajstić information content (AvgIpc) is 2.88. The Bertz CT molecular complexity index is 519. The first-order valence-corrected chi connectivity index (χ1v) is 9.09. The SMILES string of the molecule is CC(CN1CCCC1)NCc1ccc(S(C)(=O)=O)cc1. The molecule has 0 bridgehead atoms. The molecule has 2 rings (SSSR count). The van der Waals surface area contributed by atoms with Crippen LogP contribution in [-0.4, -0.2) is 45.2 Å². The van der Waals surface area contributed by atoms with E-state index in [1.54, 1.807) is 12.1 Å². The van der Waals surface area contributed by atoms with Crippen LogP contribution in [0.4, 0.5) is 0 Å². The van der Waals surface area contributed by atoms with E-state index in [-0.39, 0.29) is 0 Å². The zero-order valence-electron chi connectivity index (χ0n) is 12.3. The summed E-state index contributed by atoms with van der Waals surface area (Å²) in [6, 6.07) is 7.56. The lowest BCUT2D eigenvalue weighted by molar-refractivity contribution is 0.298. The maximum absolute atomic E-state index is 11.4. The molecule has 1 aliphatic heterocycles. The highest BCUT2D eigenvalue weighted by molar-refractivity contribution is 7.90. The summed E-state index contributed by atoms with van der Waals surface area (Å²) in [5, 5.41) is 3.49. The molecule has 20 heavy (non-hydrogen) atoms. The van der Waals surface area contributed by atoms with Gasteiger partial charge in [0, 0.05) is 25.4 Å². The number of sulfone groups is 1. The van der Waals surface area contributed by atoms with Gasteiger partial charge in [0.15, 0.2) is 9.84 Å². The molecule has 1 aromatic rings. The summed E-state index contributed by atoms with van der Waals surface area (Å²) in [4.78, 5) is 2.87. The van der Waals surface area contributed by atoms with Crippen molar-refractivity contribution in [3.63, 3.8) is 0 Å². The molecule has 5 heteroatoms. The molecule has 1 atom stereocenters. The van der Waals surface area contributed by atoms with Gasteiger partial charge in [-0.3, -0.25) is 0 Å². The summed E-state index contributed by atoms with van der Waals surface area (Å²) >= 11 is 0. The molecule has 0 spiro atoms. The van der Waals surface area contributed by atoms with E-state index < -0.39 is 9.84 Å². The molecule has 1 aliphatic rings. The molecule has 0 amide bonds. The molecular formula is C15H24N2O2S. The Morgan fingerprint density at radius 1 is 1.20 bits per heavy atom. The van der Waals surface area contributed by atoms with Crippen LogP contribution >= 0.6 is 0 Å². The minimum atomic E-state index is -3.09. The minimum Gasteiger partial charge on any atom is -0.309 e. The summed E-state index contributed by atoms with van der Waals surface area (Å²) < 4.78 is 22.8. The average molecular weight is 296 g/mol. The van der Waals surface area contributed by atoms with E-state index in [2.05, 4.69) is 17.1 Å². The topological polar surface area (TPSA) is 49.4 Å². The molecule has 1 saturated heterocycles. The van der Waals surface area contributed by atoms with Crippen LogP contribution in [0.5, 0.6) is 0 Å². The predicted octanol–water partition coefficient (Wildman–Crippen LogP) is 1.66. The highest BCUT2D eigenvalue weighted by Crippen LogP contribution is 2.11. The first kappa shape index (κ1) is 15.5. The predicted molar refractivity (Wildman–Crippen MR) is 81.5 cm³/mol. The Morgan fingerprint density at radius 2 is 1.80 bits per heavy atom. The highest BCUT2D eigenvalue weighted by atomic mass is 32.2. The van der Waals surface area contributed by atoms with E-state index in [4.69, 9.17) is 0 Å². The van der Waals surface area contributed by atoms with Crippen LogP contribution in [0.25, 0.3) is 0 Å². The van der Waals surface area contributed by atoms with Crippen molar-refractivity contribution >= 4 is 9.84 Å². The van der Waals surface area contributed by atoms with Crippen molar-refractivity contribution in [2.24, 2.45) is 0 Å².